The highest BCUT2D eigenvalue weighted by atomic mass is 19.1. The van der Waals surface area contributed by atoms with Crippen LogP contribution in [0.1, 0.15) is 39.2 Å². The van der Waals surface area contributed by atoms with Gasteiger partial charge in [-0.2, -0.15) is 0 Å². The highest BCUT2D eigenvalue weighted by molar-refractivity contribution is 5.24. The molecule has 0 saturated heterocycles. The zero-order valence-corrected chi connectivity index (χ0v) is 14.0. The van der Waals surface area contributed by atoms with Crippen molar-refractivity contribution in [1.29, 1.82) is 0 Å². The highest BCUT2D eigenvalue weighted by Crippen LogP contribution is 2.26. The Hall–Kier alpha value is -2.17. The molecule has 0 fully saturated rings. The molecule has 1 aromatic carbocycles. The van der Waals surface area contributed by atoms with Crippen molar-refractivity contribution in [1.82, 2.24) is 9.55 Å². The zero-order valence-electron chi connectivity index (χ0n) is 14.0. The average molecular weight is 306 g/mol. The molecule has 120 valence electrons. The molecule has 0 saturated carbocycles. The maximum absolute atomic E-state index is 13.2. The number of rotatable bonds is 3. The van der Waals surface area contributed by atoms with Crippen LogP contribution in [0.15, 0.2) is 35.1 Å². The lowest BCUT2D eigenvalue weighted by Gasteiger charge is -2.27. The maximum Gasteiger partial charge on any atom is 0.253 e. The summed E-state index contributed by atoms with van der Waals surface area (Å²) in [6.07, 6.45) is 0. The van der Waals surface area contributed by atoms with E-state index in [1.54, 1.807) is 40.0 Å². The van der Waals surface area contributed by atoms with E-state index in [2.05, 4.69) is 4.98 Å². The van der Waals surface area contributed by atoms with Crippen molar-refractivity contribution in [2.45, 2.75) is 40.2 Å². The van der Waals surface area contributed by atoms with Gasteiger partial charge in [-0.3, -0.25) is 9.36 Å². The molecule has 0 radical (unpaired) electrons. The zero-order chi connectivity index (χ0) is 16.9. The van der Waals surface area contributed by atoms with Crippen LogP contribution in [0, 0.1) is 12.7 Å². The van der Waals surface area contributed by atoms with Gasteiger partial charge in [-0.25, -0.2) is 9.37 Å². The predicted octanol–water partition coefficient (Wildman–Crippen LogP) is 3.57. The summed E-state index contributed by atoms with van der Waals surface area (Å²) >= 11 is 0. The number of halogens is 1. The van der Waals surface area contributed by atoms with Crippen molar-refractivity contribution >= 4 is 0 Å². The van der Waals surface area contributed by atoms with E-state index in [1.807, 2.05) is 13.8 Å². The van der Waals surface area contributed by atoms with Crippen molar-refractivity contribution in [2.75, 3.05) is 0 Å². The standard InChI is InChI=1S/C15H17FN2O2.C2H6/c1-10-8-13(19)18(4)14(17-10)15(2,3)20-12-7-5-6-11(16)9-12;1-2/h5-9H,1-4H3;1-2H3. The summed E-state index contributed by atoms with van der Waals surface area (Å²) in [6.45, 7) is 9.33. The molecule has 2 aromatic rings. The summed E-state index contributed by atoms with van der Waals surface area (Å²) in [5, 5.41) is 0. The number of hydrogen-bond donors (Lipinski definition) is 0. The molecule has 4 nitrogen and oxygen atoms in total. The molecule has 0 bridgehead atoms. The third kappa shape index (κ3) is 4.16. The monoisotopic (exact) mass is 306 g/mol. The maximum atomic E-state index is 13.2. The second kappa shape index (κ2) is 7.20. The molecule has 0 spiro atoms. The van der Waals surface area contributed by atoms with Gasteiger partial charge in [-0.15, -0.1) is 0 Å². The fraction of sp³-hybridized carbons (Fsp3) is 0.412. The minimum absolute atomic E-state index is 0.150. The van der Waals surface area contributed by atoms with E-state index in [0.717, 1.165) is 0 Å². The van der Waals surface area contributed by atoms with Crippen LogP contribution < -0.4 is 10.3 Å². The number of aryl methyl sites for hydroxylation is 1. The normalized spacial score (nSPS) is 10.7. The molecule has 0 aliphatic heterocycles. The first-order valence-corrected chi connectivity index (χ1v) is 7.29. The second-order valence-corrected chi connectivity index (χ2v) is 5.19. The van der Waals surface area contributed by atoms with E-state index in [0.29, 0.717) is 17.3 Å². The van der Waals surface area contributed by atoms with Gasteiger partial charge in [0.15, 0.2) is 11.4 Å². The number of benzene rings is 1. The van der Waals surface area contributed by atoms with Gasteiger partial charge in [-0.1, -0.05) is 19.9 Å². The van der Waals surface area contributed by atoms with Gasteiger partial charge in [0.2, 0.25) is 0 Å². The summed E-state index contributed by atoms with van der Waals surface area (Å²) in [5.41, 5.74) is -0.379. The minimum atomic E-state index is -0.853. The van der Waals surface area contributed by atoms with Gasteiger partial charge in [0, 0.05) is 24.9 Å². The van der Waals surface area contributed by atoms with Crippen molar-refractivity contribution in [2.24, 2.45) is 7.05 Å². The van der Waals surface area contributed by atoms with Crippen LogP contribution in [0.4, 0.5) is 4.39 Å². The first kappa shape index (κ1) is 17.9. The summed E-state index contributed by atoms with van der Waals surface area (Å²) < 4.78 is 20.4. The summed E-state index contributed by atoms with van der Waals surface area (Å²) in [7, 11) is 1.64. The molecular formula is C17H23FN2O2. The Bertz CT molecular complexity index is 693. The van der Waals surface area contributed by atoms with Gasteiger partial charge in [0.25, 0.3) is 5.56 Å². The largest absolute Gasteiger partial charge is 0.480 e. The lowest BCUT2D eigenvalue weighted by atomic mass is 10.1. The molecule has 0 atom stereocenters. The van der Waals surface area contributed by atoms with Crippen LogP contribution in [0.3, 0.4) is 0 Å². The number of nitrogens with zero attached hydrogens (tertiary/aromatic N) is 2. The third-order valence-electron chi connectivity index (χ3n) is 2.97. The van der Waals surface area contributed by atoms with Crippen molar-refractivity contribution in [3.05, 3.63) is 58.0 Å². The molecule has 1 aromatic heterocycles. The first-order chi connectivity index (χ1) is 10.3. The topological polar surface area (TPSA) is 44.1 Å². The van der Waals surface area contributed by atoms with Gasteiger partial charge in [0.1, 0.15) is 11.6 Å². The lowest BCUT2D eigenvalue weighted by molar-refractivity contribution is 0.0928. The predicted molar refractivity (Wildman–Crippen MR) is 85.6 cm³/mol. The third-order valence-corrected chi connectivity index (χ3v) is 2.97. The number of ether oxygens (including phenoxy) is 1. The fourth-order valence-electron chi connectivity index (χ4n) is 2.06. The van der Waals surface area contributed by atoms with E-state index >= 15 is 0 Å². The molecule has 0 amide bonds. The van der Waals surface area contributed by atoms with Gasteiger partial charge >= 0.3 is 0 Å². The van der Waals surface area contributed by atoms with Crippen LogP contribution in [-0.2, 0) is 12.6 Å². The van der Waals surface area contributed by atoms with Crippen molar-refractivity contribution < 1.29 is 9.13 Å². The van der Waals surface area contributed by atoms with Gasteiger partial charge < -0.3 is 4.74 Å². The molecule has 2 rings (SSSR count). The Labute approximate surface area is 130 Å². The minimum Gasteiger partial charge on any atom is -0.480 e. The van der Waals surface area contributed by atoms with E-state index in [9.17, 15) is 9.18 Å². The fourth-order valence-corrected chi connectivity index (χ4v) is 2.06. The highest BCUT2D eigenvalue weighted by Gasteiger charge is 2.28. The van der Waals surface area contributed by atoms with E-state index in [1.165, 1.54) is 22.8 Å². The Kier molecular flexibility index (Phi) is 5.85. The van der Waals surface area contributed by atoms with E-state index < -0.39 is 5.60 Å². The van der Waals surface area contributed by atoms with Crippen LogP contribution in [0.5, 0.6) is 5.75 Å². The van der Waals surface area contributed by atoms with Crippen LogP contribution >= 0.6 is 0 Å². The Morgan fingerprint density at radius 2 is 1.86 bits per heavy atom. The average Bonchev–Trinajstić information content (AvgIpc) is 2.44. The van der Waals surface area contributed by atoms with E-state index in [-0.39, 0.29) is 11.4 Å². The SMILES string of the molecule is CC.Cc1cc(=O)n(C)c(C(C)(C)Oc2cccc(F)c2)n1. The molecule has 22 heavy (non-hydrogen) atoms. The lowest BCUT2D eigenvalue weighted by Crippen LogP contribution is -2.35. The first-order valence-electron chi connectivity index (χ1n) is 7.29. The van der Waals surface area contributed by atoms with Gasteiger partial charge in [-0.05, 0) is 32.9 Å². The van der Waals surface area contributed by atoms with Crippen LogP contribution in [0.2, 0.25) is 0 Å². The summed E-state index contributed by atoms with van der Waals surface area (Å²) in [4.78, 5) is 16.2. The molecule has 5 heteroatoms. The Balaban J connectivity index is 0.00000116. The van der Waals surface area contributed by atoms with Crippen LogP contribution in [0.25, 0.3) is 0 Å². The van der Waals surface area contributed by atoms with Crippen molar-refractivity contribution in [3.63, 3.8) is 0 Å². The molecule has 0 aliphatic carbocycles. The molecular weight excluding hydrogens is 283 g/mol. The summed E-state index contributed by atoms with van der Waals surface area (Å²) in [5.74, 6) is 0.516. The second-order valence-electron chi connectivity index (χ2n) is 5.19. The number of hydrogen-bond acceptors (Lipinski definition) is 3. The Morgan fingerprint density at radius 1 is 1.23 bits per heavy atom. The van der Waals surface area contributed by atoms with E-state index in [4.69, 9.17) is 4.74 Å². The molecule has 1 heterocycles. The van der Waals surface area contributed by atoms with Gasteiger partial charge in [0.05, 0.1) is 0 Å². The number of aromatic nitrogens is 2. The Morgan fingerprint density at radius 3 is 2.45 bits per heavy atom. The smallest absolute Gasteiger partial charge is 0.253 e. The molecule has 0 unspecified atom stereocenters. The molecule has 0 N–H and O–H groups in total. The molecule has 0 aliphatic rings. The van der Waals surface area contributed by atoms with Crippen molar-refractivity contribution in [3.8, 4) is 5.75 Å². The summed E-state index contributed by atoms with van der Waals surface area (Å²) in [6, 6.07) is 7.35. The quantitative estimate of drug-likeness (QED) is 0.871. The van der Waals surface area contributed by atoms with Crippen LogP contribution in [-0.4, -0.2) is 9.55 Å².